The molecule has 2 aromatic rings. The van der Waals surface area contributed by atoms with Crippen molar-refractivity contribution in [2.45, 2.75) is 25.0 Å². The van der Waals surface area contributed by atoms with Crippen molar-refractivity contribution in [1.29, 1.82) is 0 Å². The number of hydrogen-bond acceptors (Lipinski definition) is 5. The number of anilines is 1. The van der Waals surface area contributed by atoms with Crippen LogP contribution in [0.25, 0.3) is 10.2 Å². The number of rotatable bonds is 3. The van der Waals surface area contributed by atoms with Crippen LogP contribution in [0.3, 0.4) is 0 Å². The number of hydrogen-bond donors (Lipinski definition) is 1. The minimum atomic E-state index is -0.214. The van der Waals surface area contributed by atoms with Gasteiger partial charge in [0.2, 0.25) is 0 Å². The van der Waals surface area contributed by atoms with Gasteiger partial charge in [-0.25, -0.2) is 9.37 Å². The number of ether oxygens (including phenoxy) is 1. The summed E-state index contributed by atoms with van der Waals surface area (Å²) < 4.78 is 20.0. The largest absolute Gasteiger partial charge is 0.373 e. The SMILES string of the molecule is Fc1ccc2nc(NCC3CN4CCCC4CO3)sc2c1. The zero-order chi connectivity index (χ0) is 14.2. The maximum absolute atomic E-state index is 13.2. The molecule has 0 amide bonds. The quantitative estimate of drug-likeness (QED) is 0.946. The second-order valence-corrected chi connectivity index (χ2v) is 6.79. The number of aromatic nitrogens is 1. The number of morpholine rings is 1. The summed E-state index contributed by atoms with van der Waals surface area (Å²) in [5.74, 6) is -0.214. The summed E-state index contributed by atoms with van der Waals surface area (Å²) in [6.45, 7) is 3.80. The van der Waals surface area contributed by atoms with Crippen LogP contribution in [0.15, 0.2) is 18.2 Å². The van der Waals surface area contributed by atoms with E-state index < -0.39 is 0 Å². The molecule has 0 bridgehead atoms. The molecule has 21 heavy (non-hydrogen) atoms. The minimum absolute atomic E-state index is 0.211. The monoisotopic (exact) mass is 307 g/mol. The van der Waals surface area contributed by atoms with Gasteiger partial charge < -0.3 is 10.1 Å². The third-order valence-electron chi connectivity index (χ3n) is 4.29. The molecule has 1 aromatic carbocycles. The lowest BCUT2D eigenvalue weighted by atomic mass is 10.2. The zero-order valence-electron chi connectivity index (χ0n) is 11.7. The van der Waals surface area contributed by atoms with Gasteiger partial charge in [0.15, 0.2) is 5.13 Å². The number of thiazole rings is 1. The predicted octanol–water partition coefficient (Wildman–Crippen LogP) is 2.71. The Balaban J connectivity index is 1.39. The summed E-state index contributed by atoms with van der Waals surface area (Å²) in [4.78, 5) is 7.01. The smallest absolute Gasteiger partial charge is 0.183 e. The van der Waals surface area contributed by atoms with Crippen LogP contribution in [-0.4, -0.2) is 48.3 Å². The summed E-state index contributed by atoms with van der Waals surface area (Å²) in [6, 6.07) is 5.33. The lowest BCUT2D eigenvalue weighted by Gasteiger charge is -2.35. The molecule has 2 fully saturated rings. The van der Waals surface area contributed by atoms with Gasteiger partial charge in [0.25, 0.3) is 0 Å². The van der Waals surface area contributed by atoms with Crippen molar-refractivity contribution in [2.24, 2.45) is 0 Å². The van der Waals surface area contributed by atoms with E-state index in [1.807, 2.05) is 0 Å². The van der Waals surface area contributed by atoms with Crippen molar-refractivity contribution in [1.82, 2.24) is 9.88 Å². The van der Waals surface area contributed by atoms with Crippen molar-refractivity contribution in [3.63, 3.8) is 0 Å². The van der Waals surface area contributed by atoms with Crippen LogP contribution in [0, 0.1) is 5.82 Å². The molecular weight excluding hydrogens is 289 g/mol. The van der Waals surface area contributed by atoms with Crippen LogP contribution in [0.5, 0.6) is 0 Å². The summed E-state index contributed by atoms with van der Waals surface area (Å²) in [7, 11) is 0. The van der Waals surface area contributed by atoms with Gasteiger partial charge in [0, 0.05) is 19.1 Å². The molecule has 0 radical (unpaired) electrons. The molecule has 6 heteroatoms. The fourth-order valence-corrected chi connectivity index (χ4v) is 4.08. The molecule has 4 rings (SSSR count). The average Bonchev–Trinajstić information content (AvgIpc) is 3.09. The van der Waals surface area contributed by atoms with Gasteiger partial charge in [0.05, 0.1) is 22.9 Å². The molecule has 4 nitrogen and oxygen atoms in total. The van der Waals surface area contributed by atoms with Crippen LogP contribution in [0.1, 0.15) is 12.8 Å². The zero-order valence-corrected chi connectivity index (χ0v) is 12.5. The van der Waals surface area contributed by atoms with Gasteiger partial charge >= 0.3 is 0 Å². The van der Waals surface area contributed by atoms with Crippen LogP contribution in [0.2, 0.25) is 0 Å². The molecule has 2 atom stereocenters. The molecule has 1 N–H and O–H groups in total. The van der Waals surface area contributed by atoms with E-state index in [4.69, 9.17) is 4.74 Å². The number of nitrogens with zero attached hydrogens (tertiary/aromatic N) is 2. The van der Waals surface area contributed by atoms with Crippen molar-refractivity contribution in [3.05, 3.63) is 24.0 Å². The topological polar surface area (TPSA) is 37.4 Å². The highest BCUT2D eigenvalue weighted by atomic mass is 32.1. The molecular formula is C15H18FN3OS. The van der Waals surface area contributed by atoms with Crippen LogP contribution < -0.4 is 5.32 Å². The lowest BCUT2D eigenvalue weighted by molar-refractivity contribution is -0.0415. The van der Waals surface area contributed by atoms with Crippen molar-refractivity contribution < 1.29 is 9.13 Å². The molecule has 2 saturated heterocycles. The Morgan fingerprint density at radius 1 is 1.48 bits per heavy atom. The van der Waals surface area contributed by atoms with E-state index in [0.29, 0.717) is 6.04 Å². The van der Waals surface area contributed by atoms with Gasteiger partial charge in [-0.3, -0.25) is 4.90 Å². The first-order valence-corrected chi connectivity index (χ1v) is 8.25. The summed E-state index contributed by atoms with van der Waals surface area (Å²) in [5.41, 5.74) is 0.841. The maximum atomic E-state index is 13.2. The lowest BCUT2D eigenvalue weighted by Crippen LogP contribution is -2.48. The second kappa shape index (κ2) is 5.51. The Morgan fingerprint density at radius 3 is 3.38 bits per heavy atom. The Labute approximate surface area is 126 Å². The number of benzene rings is 1. The normalized spacial score (nSPS) is 26.1. The van der Waals surface area contributed by atoms with Crippen molar-refractivity contribution in [2.75, 3.05) is 31.6 Å². The highest BCUT2D eigenvalue weighted by molar-refractivity contribution is 7.22. The molecule has 112 valence electrons. The summed E-state index contributed by atoms with van der Waals surface area (Å²) >= 11 is 1.49. The first-order valence-electron chi connectivity index (χ1n) is 7.43. The summed E-state index contributed by atoms with van der Waals surface area (Å²) in [5, 5.41) is 4.17. The molecule has 2 aliphatic heterocycles. The Morgan fingerprint density at radius 2 is 2.43 bits per heavy atom. The minimum Gasteiger partial charge on any atom is -0.373 e. The van der Waals surface area contributed by atoms with Gasteiger partial charge in [-0.15, -0.1) is 0 Å². The first-order chi connectivity index (χ1) is 10.3. The molecule has 0 aliphatic carbocycles. The molecule has 0 spiro atoms. The van der Waals surface area contributed by atoms with Crippen molar-refractivity contribution in [3.8, 4) is 0 Å². The fourth-order valence-electron chi connectivity index (χ4n) is 3.18. The third-order valence-corrected chi connectivity index (χ3v) is 5.27. The maximum Gasteiger partial charge on any atom is 0.183 e. The van der Waals surface area contributed by atoms with E-state index in [1.165, 1.54) is 42.9 Å². The number of nitrogens with one attached hydrogen (secondary N) is 1. The number of fused-ring (bicyclic) bond motifs is 2. The van der Waals surface area contributed by atoms with Crippen LogP contribution >= 0.6 is 11.3 Å². The predicted molar refractivity (Wildman–Crippen MR) is 82.4 cm³/mol. The second-order valence-electron chi connectivity index (χ2n) is 5.76. The van der Waals surface area contributed by atoms with E-state index >= 15 is 0 Å². The fraction of sp³-hybridized carbons (Fsp3) is 0.533. The first kappa shape index (κ1) is 13.4. The Bertz CT molecular complexity index is 647. The van der Waals surface area contributed by atoms with Crippen LogP contribution in [0.4, 0.5) is 9.52 Å². The van der Waals surface area contributed by atoms with E-state index in [1.54, 1.807) is 6.07 Å². The van der Waals surface area contributed by atoms with E-state index in [0.717, 1.165) is 35.0 Å². The highest BCUT2D eigenvalue weighted by Gasteiger charge is 2.32. The van der Waals surface area contributed by atoms with Crippen molar-refractivity contribution >= 4 is 26.7 Å². The van der Waals surface area contributed by atoms with E-state index in [2.05, 4.69) is 15.2 Å². The van der Waals surface area contributed by atoms with E-state index in [9.17, 15) is 4.39 Å². The molecule has 3 heterocycles. The third kappa shape index (κ3) is 2.75. The average molecular weight is 307 g/mol. The van der Waals surface area contributed by atoms with Crippen LogP contribution in [-0.2, 0) is 4.74 Å². The van der Waals surface area contributed by atoms with E-state index in [-0.39, 0.29) is 11.9 Å². The highest BCUT2D eigenvalue weighted by Crippen LogP contribution is 2.27. The van der Waals surface area contributed by atoms with Gasteiger partial charge in [-0.05, 0) is 37.6 Å². The van der Waals surface area contributed by atoms with Gasteiger partial charge in [-0.1, -0.05) is 11.3 Å². The molecule has 0 saturated carbocycles. The van der Waals surface area contributed by atoms with Gasteiger partial charge in [-0.2, -0.15) is 0 Å². The molecule has 2 aliphatic rings. The van der Waals surface area contributed by atoms with Gasteiger partial charge in [0.1, 0.15) is 5.82 Å². The molecule has 2 unspecified atom stereocenters. The Hall–Kier alpha value is -1.24. The Kier molecular flexibility index (Phi) is 3.52. The molecule has 1 aromatic heterocycles. The number of halogens is 1. The summed E-state index contributed by atoms with van der Waals surface area (Å²) in [6.07, 6.45) is 2.77. The standard InChI is InChI=1S/C15H18FN3OS/c16-10-3-4-13-14(6-10)21-15(18-13)17-7-12-8-19-5-1-2-11(19)9-20-12/h3-4,6,11-12H,1-2,5,7-9H2,(H,17,18).